The van der Waals surface area contributed by atoms with Crippen LogP contribution in [0.2, 0.25) is 5.02 Å². The third-order valence-electron chi connectivity index (χ3n) is 3.66. The lowest BCUT2D eigenvalue weighted by atomic mass is 9.98. The van der Waals surface area contributed by atoms with Crippen molar-refractivity contribution in [2.75, 3.05) is 6.54 Å². The average molecular weight is 238 g/mol. The van der Waals surface area contributed by atoms with E-state index in [1.165, 1.54) is 24.8 Å². The monoisotopic (exact) mass is 237 g/mol. The van der Waals surface area contributed by atoms with Crippen LogP contribution in [0, 0.1) is 11.8 Å². The van der Waals surface area contributed by atoms with Gasteiger partial charge in [0.25, 0.3) is 0 Å². The molecule has 1 nitrogen and oxygen atoms in total. The molecule has 0 heterocycles. The van der Waals surface area contributed by atoms with Crippen molar-refractivity contribution in [3.63, 3.8) is 0 Å². The predicted molar refractivity (Wildman–Crippen MR) is 69.7 cm³/mol. The minimum Gasteiger partial charge on any atom is -0.312 e. The summed E-state index contributed by atoms with van der Waals surface area (Å²) in [5.74, 6) is 1.77. The smallest absolute Gasteiger partial charge is 0.0409 e. The van der Waals surface area contributed by atoms with Gasteiger partial charge in [-0.2, -0.15) is 0 Å². The van der Waals surface area contributed by atoms with Crippen molar-refractivity contribution < 1.29 is 0 Å². The predicted octanol–water partition coefficient (Wildman–Crippen LogP) is 3.87. The van der Waals surface area contributed by atoms with Crippen LogP contribution >= 0.6 is 11.6 Å². The fourth-order valence-corrected chi connectivity index (χ4v) is 2.79. The molecule has 1 aromatic carbocycles. The minimum absolute atomic E-state index is 0.827. The summed E-state index contributed by atoms with van der Waals surface area (Å²) >= 11 is 5.95. The largest absolute Gasteiger partial charge is 0.312 e. The highest BCUT2D eigenvalue weighted by Gasteiger charge is 2.22. The first kappa shape index (κ1) is 11.9. The van der Waals surface area contributed by atoms with Crippen LogP contribution in [0.25, 0.3) is 0 Å². The van der Waals surface area contributed by atoms with Crippen molar-refractivity contribution in [1.29, 1.82) is 0 Å². The molecule has 1 aliphatic carbocycles. The third-order valence-corrected chi connectivity index (χ3v) is 3.90. The summed E-state index contributed by atoms with van der Waals surface area (Å²) in [6.07, 6.45) is 4.21. The maximum absolute atomic E-state index is 5.95. The lowest BCUT2D eigenvalue weighted by molar-refractivity contribution is 0.392. The van der Waals surface area contributed by atoms with E-state index in [1.807, 2.05) is 18.2 Å². The Morgan fingerprint density at radius 2 is 2.25 bits per heavy atom. The molecule has 1 aliphatic rings. The van der Waals surface area contributed by atoms with Gasteiger partial charge in [0.2, 0.25) is 0 Å². The maximum atomic E-state index is 5.95. The number of benzene rings is 1. The van der Waals surface area contributed by atoms with Crippen molar-refractivity contribution in [2.24, 2.45) is 11.8 Å². The fourth-order valence-electron chi connectivity index (χ4n) is 2.57. The maximum Gasteiger partial charge on any atom is 0.0409 e. The van der Waals surface area contributed by atoms with Crippen molar-refractivity contribution in [3.05, 3.63) is 34.9 Å². The molecular weight excluding hydrogens is 218 g/mol. The quantitative estimate of drug-likeness (QED) is 0.839. The summed E-state index contributed by atoms with van der Waals surface area (Å²) in [6.45, 7) is 4.45. The van der Waals surface area contributed by atoms with E-state index in [0.717, 1.165) is 29.9 Å². The summed E-state index contributed by atoms with van der Waals surface area (Å²) in [6, 6.07) is 8.09. The molecular formula is C14H20ClN. The molecule has 88 valence electrons. The minimum atomic E-state index is 0.827. The number of halogens is 1. The topological polar surface area (TPSA) is 12.0 Å². The second-order valence-corrected chi connectivity index (χ2v) is 5.37. The molecule has 1 saturated carbocycles. The Kier molecular flexibility index (Phi) is 4.25. The fraction of sp³-hybridized carbons (Fsp3) is 0.571. The molecule has 16 heavy (non-hydrogen) atoms. The molecule has 0 saturated heterocycles. The molecule has 2 atom stereocenters. The zero-order chi connectivity index (χ0) is 11.4. The van der Waals surface area contributed by atoms with E-state index in [2.05, 4.69) is 18.3 Å². The zero-order valence-electron chi connectivity index (χ0n) is 9.88. The van der Waals surface area contributed by atoms with Gasteiger partial charge in [0.15, 0.2) is 0 Å². The third kappa shape index (κ3) is 3.23. The van der Waals surface area contributed by atoms with Gasteiger partial charge >= 0.3 is 0 Å². The first-order chi connectivity index (χ1) is 7.75. The molecule has 0 aromatic heterocycles. The van der Waals surface area contributed by atoms with Crippen molar-refractivity contribution >= 4 is 11.6 Å². The number of nitrogens with one attached hydrogen (secondary N) is 1. The summed E-state index contributed by atoms with van der Waals surface area (Å²) < 4.78 is 0. The normalized spacial score (nSPS) is 24.9. The van der Waals surface area contributed by atoms with Crippen molar-refractivity contribution in [1.82, 2.24) is 5.32 Å². The average Bonchev–Trinajstić information content (AvgIpc) is 2.65. The van der Waals surface area contributed by atoms with E-state index in [1.54, 1.807) is 0 Å². The molecule has 1 aromatic rings. The van der Waals surface area contributed by atoms with E-state index in [-0.39, 0.29) is 0 Å². The molecule has 0 spiro atoms. The molecule has 1 N–H and O–H groups in total. The molecule has 0 bridgehead atoms. The number of rotatable bonds is 4. The van der Waals surface area contributed by atoms with Gasteiger partial charge in [-0.3, -0.25) is 0 Å². The van der Waals surface area contributed by atoms with E-state index in [9.17, 15) is 0 Å². The van der Waals surface area contributed by atoms with Gasteiger partial charge in [0.05, 0.1) is 0 Å². The van der Waals surface area contributed by atoms with E-state index >= 15 is 0 Å². The first-order valence-electron chi connectivity index (χ1n) is 6.21. The van der Waals surface area contributed by atoms with Crippen LogP contribution in [0.15, 0.2) is 24.3 Å². The van der Waals surface area contributed by atoms with E-state index in [4.69, 9.17) is 11.6 Å². The molecule has 2 heteroatoms. The van der Waals surface area contributed by atoms with Gasteiger partial charge < -0.3 is 5.32 Å². The van der Waals surface area contributed by atoms with Crippen LogP contribution in [0.5, 0.6) is 0 Å². The van der Waals surface area contributed by atoms with E-state index in [0.29, 0.717) is 0 Å². The van der Waals surface area contributed by atoms with Gasteiger partial charge in [0, 0.05) is 11.6 Å². The van der Waals surface area contributed by atoms with Gasteiger partial charge in [-0.25, -0.2) is 0 Å². The van der Waals surface area contributed by atoms with Crippen LogP contribution in [0.4, 0.5) is 0 Å². The SMILES string of the molecule is CC1CCCC1CNCc1cccc(Cl)c1. The molecule has 0 radical (unpaired) electrons. The van der Waals surface area contributed by atoms with Gasteiger partial charge in [-0.05, 0) is 42.5 Å². The highest BCUT2D eigenvalue weighted by atomic mass is 35.5. The molecule has 1 fully saturated rings. The van der Waals surface area contributed by atoms with Crippen LogP contribution in [-0.4, -0.2) is 6.54 Å². The van der Waals surface area contributed by atoms with Crippen LogP contribution in [-0.2, 0) is 6.54 Å². The standard InChI is InChI=1S/C14H20ClN/c1-11-4-2-6-13(11)10-16-9-12-5-3-7-14(15)8-12/h3,5,7-8,11,13,16H,2,4,6,9-10H2,1H3. The Hall–Kier alpha value is -0.530. The highest BCUT2D eigenvalue weighted by molar-refractivity contribution is 6.30. The lowest BCUT2D eigenvalue weighted by Gasteiger charge is -2.15. The Morgan fingerprint density at radius 1 is 1.38 bits per heavy atom. The number of hydrogen-bond donors (Lipinski definition) is 1. The molecule has 2 unspecified atom stereocenters. The van der Waals surface area contributed by atoms with Gasteiger partial charge in [-0.1, -0.05) is 43.5 Å². The van der Waals surface area contributed by atoms with Crippen LogP contribution in [0.3, 0.4) is 0 Å². The van der Waals surface area contributed by atoms with Crippen LogP contribution in [0.1, 0.15) is 31.7 Å². The second kappa shape index (κ2) is 5.70. The summed E-state index contributed by atoms with van der Waals surface area (Å²) in [7, 11) is 0. The highest BCUT2D eigenvalue weighted by Crippen LogP contribution is 2.30. The van der Waals surface area contributed by atoms with Gasteiger partial charge in [0.1, 0.15) is 0 Å². The molecule has 0 aliphatic heterocycles. The first-order valence-corrected chi connectivity index (χ1v) is 6.58. The Morgan fingerprint density at radius 3 is 2.94 bits per heavy atom. The van der Waals surface area contributed by atoms with E-state index < -0.39 is 0 Å². The van der Waals surface area contributed by atoms with Crippen molar-refractivity contribution in [3.8, 4) is 0 Å². The van der Waals surface area contributed by atoms with Crippen LogP contribution < -0.4 is 5.32 Å². The van der Waals surface area contributed by atoms with Crippen molar-refractivity contribution in [2.45, 2.75) is 32.7 Å². The lowest BCUT2D eigenvalue weighted by Crippen LogP contribution is -2.23. The number of hydrogen-bond acceptors (Lipinski definition) is 1. The summed E-state index contributed by atoms with van der Waals surface area (Å²) in [5.41, 5.74) is 1.28. The summed E-state index contributed by atoms with van der Waals surface area (Å²) in [5, 5.41) is 4.37. The summed E-state index contributed by atoms with van der Waals surface area (Å²) in [4.78, 5) is 0. The molecule has 2 rings (SSSR count). The zero-order valence-corrected chi connectivity index (χ0v) is 10.6. The Bertz CT molecular complexity index is 337. The van der Waals surface area contributed by atoms with Gasteiger partial charge in [-0.15, -0.1) is 0 Å². The molecule has 0 amide bonds. The Labute approximate surface area is 103 Å². The Balaban J connectivity index is 1.75. The second-order valence-electron chi connectivity index (χ2n) is 4.93.